The normalized spacial score (nSPS) is 26.4. The molecule has 0 unspecified atom stereocenters. The fraction of sp³-hybridized carbons (Fsp3) is 0.655. The fourth-order valence-corrected chi connectivity index (χ4v) is 7.91. The molecule has 0 spiro atoms. The van der Waals surface area contributed by atoms with E-state index in [1.54, 1.807) is 12.1 Å². The van der Waals surface area contributed by atoms with Gasteiger partial charge in [0.2, 0.25) is 11.8 Å². The predicted octanol–water partition coefficient (Wildman–Crippen LogP) is 5.31. The molecule has 4 N–H and O–H groups in total. The number of nitrogens with zero attached hydrogens (tertiary/aromatic N) is 2. The van der Waals surface area contributed by atoms with E-state index in [4.69, 9.17) is 5.73 Å². The van der Waals surface area contributed by atoms with Crippen molar-refractivity contribution in [1.29, 1.82) is 0 Å². The molecule has 3 aliphatic rings. The number of hydrogen-bond acceptors (Lipinski definition) is 7. The Labute approximate surface area is 238 Å². The maximum Gasteiger partial charge on any atom is 0.413 e. The van der Waals surface area contributed by atoms with Crippen LogP contribution in [0.5, 0.6) is 0 Å². The highest BCUT2D eigenvalue weighted by Crippen LogP contribution is 2.41. The summed E-state index contributed by atoms with van der Waals surface area (Å²) in [6, 6.07) is 4.49. The van der Waals surface area contributed by atoms with Crippen molar-refractivity contribution in [2.45, 2.75) is 76.3 Å². The SMILES string of the molecule is COC(=O)Nc1nc2ccc(NC(=O)[C@@H]3[C@H](C4CCCCC4)CCN3C(=O)C3CCC([C@H](N)CF)CC3)cc2s1. The minimum absolute atomic E-state index is 0.0576. The van der Waals surface area contributed by atoms with Gasteiger partial charge in [0.25, 0.3) is 0 Å². The van der Waals surface area contributed by atoms with E-state index >= 15 is 0 Å². The van der Waals surface area contributed by atoms with Gasteiger partial charge in [-0.05, 0) is 68.1 Å². The lowest BCUT2D eigenvalue weighted by Gasteiger charge is -2.36. The third-order valence-electron chi connectivity index (χ3n) is 9.21. The molecule has 40 heavy (non-hydrogen) atoms. The first-order valence-corrected chi connectivity index (χ1v) is 15.4. The number of methoxy groups -OCH3 is 1. The van der Waals surface area contributed by atoms with Crippen LogP contribution in [0.25, 0.3) is 10.2 Å². The highest BCUT2D eigenvalue weighted by atomic mass is 32.1. The summed E-state index contributed by atoms with van der Waals surface area (Å²) >= 11 is 1.29. The lowest BCUT2D eigenvalue weighted by Crippen LogP contribution is -2.50. The van der Waals surface area contributed by atoms with Crippen LogP contribution < -0.4 is 16.4 Å². The van der Waals surface area contributed by atoms with Crippen LogP contribution in [0.3, 0.4) is 0 Å². The van der Waals surface area contributed by atoms with Crippen molar-refractivity contribution in [3.05, 3.63) is 18.2 Å². The van der Waals surface area contributed by atoms with Gasteiger partial charge in [-0.15, -0.1) is 0 Å². The summed E-state index contributed by atoms with van der Waals surface area (Å²) in [6.07, 6.45) is 8.92. The molecule has 2 saturated carbocycles. The second-order valence-corrected chi connectivity index (χ2v) is 12.6. The van der Waals surface area contributed by atoms with Gasteiger partial charge in [0, 0.05) is 24.2 Å². The van der Waals surface area contributed by atoms with Crippen LogP contribution in [0.1, 0.15) is 64.2 Å². The third kappa shape index (κ3) is 6.25. The van der Waals surface area contributed by atoms with Crippen molar-refractivity contribution in [3.63, 3.8) is 0 Å². The number of nitrogens with one attached hydrogen (secondary N) is 2. The smallest absolute Gasteiger partial charge is 0.413 e. The van der Waals surface area contributed by atoms with Crippen molar-refractivity contribution in [1.82, 2.24) is 9.88 Å². The minimum atomic E-state index is -0.592. The van der Waals surface area contributed by atoms with Gasteiger partial charge < -0.3 is 20.7 Å². The highest BCUT2D eigenvalue weighted by Gasteiger charge is 2.47. The number of amides is 3. The highest BCUT2D eigenvalue weighted by molar-refractivity contribution is 7.22. The Kier molecular flexibility index (Phi) is 9.20. The van der Waals surface area contributed by atoms with Crippen LogP contribution in [0.4, 0.5) is 20.0 Å². The van der Waals surface area contributed by atoms with Gasteiger partial charge >= 0.3 is 6.09 Å². The van der Waals surface area contributed by atoms with Gasteiger partial charge in [0.05, 0.1) is 17.3 Å². The summed E-state index contributed by atoms with van der Waals surface area (Å²) in [6.45, 7) is 0.0651. The molecule has 1 saturated heterocycles. The number of hydrogen-bond donors (Lipinski definition) is 3. The molecule has 3 atom stereocenters. The molecule has 1 aromatic heterocycles. The van der Waals surface area contributed by atoms with E-state index in [0.29, 0.717) is 41.6 Å². The minimum Gasteiger partial charge on any atom is -0.453 e. The molecule has 2 aliphatic carbocycles. The Morgan fingerprint density at radius 3 is 2.55 bits per heavy atom. The molecule has 1 aromatic carbocycles. The number of fused-ring (bicyclic) bond motifs is 1. The van der Waals surface area contributed by atoms with E-state index in [2.05, 4.69) is 20.4 Å². The van der Waals surface area contributed by atoms with Crippen LogP contribution in [0, 0.1) is 23.7 Å². The topological polar surface area (TPSA) is 127 Å². The van der Waals surface area contributed by atoms with Crippen molar-refractivity contribution in [3.8, 4) is 0 Å². The van der Waals surface area contributed by atoms with Gasteiger partial charge in [-0.25, -0.2) is 14.2 Å². The molecule has 3 amide bonds. The summed E-state index contributed by atoms with van der Waals surface area (Å²) in [5.41, 5.74) is 7.28. The maximum atomic E-state index is 13.9. The van der Waals surface area contributed by atoms with Gasteiger partial charge in [-0.1, -0.05) is 43.4 Å². The lowest BCUT2D eigenvalue weighted by molar-refractivity contribution is -0.142. The molecule has 2 heterocycles. The number of benzene rings is 1. The predicted molar refractivity (Wildman–Crippen MR) is 154 cm³/mol. The van der Waals surface area contributed by atoms with Crippen molar-refractivity contribution in [2.24, 2.45) is 29.4 Å². The molecular formula is C29H40FN5O4S. The van der Waals surface area contributed by atoms with Crippen molar-refractivity contribution >= 4 is 50.3 Å². The molecule has 0 radical (unpaired) electrons. The first-order valence-electron chi connectivity index (χ1n) is 14.6. The Morgan fingerprint density at radius 1 is 1.10 bits per heavy atom. The number of carbonyl (C=O) groups excluding carboxylic acids is 3. The Bertz CT molecular complexity index is 1210. The third-order valence-corrected chi connectivity index (χ3v) is 10.1. The number of alkyl halides is 1. The molecule has 1 aliphatic heterocycles. The molecule has 3 fully saturated rings. The number of thiazole rings is 1. The molecule has 5 rings (SSSR count). The van der Waals surface area contributed by atoms with Gasteiger partial charge in [0.1, 0.15) is 12.7 Å². The number of anilines is 2. The maximum absolute atomic E-state index is 13.9. The summed E-state index contributed by atoms with van der Waals surface area (Å²) < 4.78 is 18.6. The second-order valence-electron chi connectivity index (χ2n) is 11.6. The van der Waals surface area contributed by atoms with E-state index in [1.165, 1.54) is 37.7 Å². The standard InChI is InChI=1S/C29H40FN5O4S/c1-39-29(38)34-28-33-23-12-11-20(15-24(23)40-28)32-26(36)25-21(17-5-3-2-4-6-17)13-14-35(25)27(37)19-9-7-18(8-10-19)22(31)16-30/h11-12,15,17-19,21-22,25H,2-10,13-14,16,31H2,1H3,(H,32,36)(H,33,34,38)/t18?,19?,21-,22+,25-/m0/s1. The quantitative estimate of drug-likeness (QED) is 0.412. The van der Waals surface area contributed by atoms with Gasteiger partial charge in [0.15, 0.2) is 5.13 Å². The second kappa shape index (κ2) is 12.8. The van der Waals surface area contributed by atoms with E-state index in [9.17, 15) is 18.8 Å². The number of ether oxygens (including phenoxy) is 1. The zero-order valence-electron chi connectivity index (χ0n) is 23.1. The molecule has 2 aromatic rings. The van der Waals surface area contributed by atoms with E-state index in [0.717, 1.165) is 36.8 Å². The number of nitrogens with two attached hydrogens (primary N) is 1. The van der Waals surface area contributed by atoms with E-state index in [1.807, 2.05) is 11.0 Å². The number of carbonyl (C=O) groups is 3. The van der Waals surface area contributed by atoms with Gasteiger partial charge in [-0.2, -0.15) is 0 Å². The molecule has 218 valence electrons. The summed E-state index contributed by atoms with van der Waals surface area (Å²) in [5.74, 6) is 0.470. The van der Waals surface area contributed by atoms with E-state index in [-0.39, 0.29) is 29.6 Å². The Balaban J connectivity index is 1.32. The monoisotopic (exact) mass is 573 g/mol. The molecular weight excluding hydrogens is 533 g/mol. The number of likely N-dealkylation sites (tertiary alicyclic amines) is 1. The van der Waals surface area contributed by atoms with Crippen molar-refractivity contribution < 1.29 is 23.5 Å². The first kappa shape index (κ1) is 28.7. The van der Waals surface area contributed by atoms with E-state index < -0.39 is 24.9 Å². The number of rotatable bonds is 7. The van der Waals surface area contributed by atoms with Crippen LogP contribution in [-0.4, -0.2) is 60.2 Å². The molecule has 9 nitrogen and oxygen atoms in total. The van der Waals surface area contributed by atoms with Crippen LogP contribution in [0.15, 0.2) is 18.2 Å². The lowest BCUT2D eigenvalue weighted by atomic mass is 9.76. The fourth-order valence-electron chi connectivity index (χ4n) is 7.02. The Morgan fingerprint density at radius 2 is 1.85 bits per heavy atom. The average Bonchev–Trinajstić information content (AvgIpc) is 3.61. The van der Waals surface area contributed by atoms with Crippen LogP contribution in [0.2, 0.25) is 0 Å². The van der Waals surface area contributed by atoms with Crippen LogP contribution >= 0.6 is 11.3 Å². The molecule has 11 heteroatoms. The average molecular weight is 574 g/mol. The largest absolute Gasteiger partial charge is 0.453 e. The zero-order chi connectivity index (χ0) is 28.2. The number of halogens is 1. The van der Waals surface area contributed by atoms with Gasteiger partial charge in [-0.3, -0.25) is 14.9 Å². The van der Waals surface area contributed by atoms with Crippen molar-refractivity contribution in [2.75, 3.05) is 31.0 Å². The Hall–Kier alpha value is -2.79. The summed E-state index contributed by atoms with van der Waals surface area (Å²) in [7, 11) is 1.29. The van der Waals surface area contributed by atoms with Crippen LogP contribution in [-0.2, 0) is 14.3 Å². The summed E-state index contributed by atoms with van der Waals surface area (Å²) in [4.78, 5) is 45.5. The molecule has 0 bridgehead atoms. The zero-order valence-corrected chi connectivity index (χ0v) is 23.9. The number of aromatic nitrogens is 1. The first-order chi connectivity index (χ1) is 19.4. The summed E-state index contributed by atoms with van der Waals surface area (Å²) in [5, 5.41) is 6.09.